The standard InChI is InChI=1S/C18H20O2S/c1-4-16-10-12-18(21-16)17(19)11-7-14-5-8-15(9-6-14)20-13(2)3/h5-13H,4H2,1-3H3/b11-7+. The first kappa shape index (κ1) is 15.5. The molecule has 21 heavy (non-hydrogen) atoms. The zero-order valence-electron chi connectivity index (χ0n) is 12.6. The molecule has 110 valence electrons. The van der Waals surface area contributed by atoms with Crippen molar-refractivity contribution >= 4 is 23.2 Å². The summed E-state index contributed by atoms with van der Waals surface area (Å²) in [6.45, 7) is 6.09. The van der Waals surface area contributed by atoms with Crippen molar-refractivity contribution in [3.8, 4) is 5.75 Å². The molecule has 1 aromatic heterocycles. The maximum Gasteiger partial charge on any atom is 0.195 e. The highest BCUT2D eigenvalue weighted by atomic mass is 32.1. The van der Waals surface area contributed by atoms with Gasteiger partial charge in [0.2, 0.25) is 0 Å². The number of carbonyl (C=O) groups excluding carboxylic acids is 1. The predicted molar refractivity (Wildman–Crippen MR) is 89.3 cm³/mol. The van der Waals surface area contributed by atoms with Gasteiger partial charge in [-0.1, -0.05) is 25.1 Å². The number of carbonyl (C=O) groups is 1. The van der Waals surface area contributed by atoms with Crippen LogP contribution in [-0.2, 0) is 6.42 Å². The van der Waals surface area contributed by atoms with Crippen molar-refractivity contribution in [3.05, 3.63) is 57.8 Å². The van der Waals surface area contributed by atoms with Crippen molar-refractivity contribution in [2.24, 2.45) is 0 Å². The van der Waals surface area contributed by atoms with Crippen LogP contribution in [-0.4, -0.2) is 11.9 Å². The third kappa shape index (κ3) is 4.57. The lowest BCUT2D eigenvalue weighted by Gasteiger charge is -2.09. The van der Waals surface area contributed by atoms with Gasteiger partial charge in [0.05, 0.1) is 11.0 Å². The van der Waals surface area contributed by atoms with Gasteiger partial charge in [-0.15, -0.1) is 11.3 Å². The number of hydrogen-bond acceptors (Lipinski definition) is 3. The van der Waals surface area contributed by atoms with Crippen molar-refractivity contribution in [1.82, 2.24) is 0 Å². The molecule has 1 aromatic carbocycles. The molecular formula is C18H20O2S. The van der Waals surface area contributed by atoms with Crippen LogP contribution in [0.4, 0.5) is 0 Å². The molecule has 2 rings (SSSR count). The lowest BCUT2D eigenvalue weighted by Crippen LogP contribution is -2.05. The monoisotopic (exact) mass is 300 g/mol. The van der Waals surface area contributed by atoms with Crippen LogP contribution < -0.4 is 4.74 Å². The van der Waals surface area contributed by atoms with Gasteiger partial charge in [-0.3, -0.25) is 4.79 Å². The molecule has 0 fully saturated rings. The summed E-state index contributed by atoms with van der Waals surface area (Å²) in [6, 6.07) is 11.7. The molecule has 0 spiro atoms. The second-order valence-corrected chi connectivity index (χ2v) is 6.22. The highest BCUT2D eigenvalue weighted by Crippen LogP contribution is 2.19. The Morgan fingerprint density at radius 3 is 2.48 bits per heavy atom. The van der Waals surface area contributed by atoms with E-state index in [0.29, 0.717) is 0 Å². The average molecular weight is 300 g/mol. The Balaban J connectivity index is 2.01. The fraction of sp³-hybridized carbons (Fsp3) is 0.278. The summed E-state index contributed by atoms with van der Waals surface area (Å²) in [5, 5.41) is 0. The third-order valence-electron chi connectivity index (χ3n) is 2.93. The van der Waals surface area contributed by atoms with E-state index in [0.717, 1.165) is 22.6 Å². The molecule has 0 aliphatic carbocycles. The minimum Gasteiger partial charge on any atom is -0.491 e. The Kier molecular flexibility index (Phi) is 5.34. The van der Waals surface area contributed by atoms with E-state index in [1.807, 2.05) is 56.3 Å². The lowest BCUT2D eigenvalue weighted by atomic mass is 10.2. The molecule has 0 saturated carbocycles. The number of allylic oxidation sites excluding steroid dienone is 1. The molecule has 3 heteroatoms. The molecule has 0 aliphatic heterocycles. The first-order valence-electron chi connectivity index (χ1n) is 7.16. The molecule has 0 radical (unpaired) electrons. The van der Waals surface area contributed by atoms with Crippen LogP contribution in [0.1, 0.15) is 40.9 Å². The van der Waals surface area contributed by atoms with E-state index in [9.17, 15) is 4.79 Å². The molecule has 1 heterocycles. The summed E-state index contributed by atoms with van der Waals surface area (Å²) in [5.41, 5.74) is 0.992. The number of thiophene rings is 1. The fourth-order valence-corrected chi connectivity index (χ4v) is 2.75. The van der Waals surface area contributed by atoms with Crippen molar-refractivity contribution in [3.63, 3.8) is 0 Å². The Hall–Kier alpha value is -1.87. The van der Waals surface area contributed by atoms with Gasteiger partial charge in [-0.05, 0) is 56.2 Å². The minimum atomic E-state index is 0.0576. The first-order valence-corrected chi connectivity index (χ1v) is 7.98. The highest BCUT2D eigenvalue weighted by molar-refractivity contribution is 7.14. The maximum atomic E-state index is 12.1. The van der Waals surface area contributed by atoms with Gasteiger partial charge in [0.25, 0.3) is 0 Å². The summed E-state index contributed by atoms with van der Waals surface area (Å²) in [6.07, 6.45) is 4.61. The highest BCUT2D eigenvalue weighted by Gasteiger charge is 2.05. The van der Waals surface area contributed by atoms with Gasteiger partial charge in [0.1, 0.15) is 5.75 Å². The quantitative estimate of drug-likeness (QED) is 0.554. The van der Waals surface area contributed by atoms with Crippen molar-refractivity contribution in [2.75, 3.05) is 0 Å². The predicted octanol–water partition coefficient (Wildman–Crippen LogP) is 4.99. The van der Waals surface area contributed by atoms with Crippen LogP contribution >= 0.6 is 11.3 Å². The number of benzene rings is 1. The van der Waals surface area contributed by atoms with E-state index >= 15 is 0 Å². The van der Waals surface area contributed by atoms with Crippen molar-refractivity contribution in [2.45, 2.75) is 33.3 Å². The lowest BCUT2D eigenvalue weighted by molar-refractivity contribution is 0.105. The molecular weight excluding hydrogens is 280 g/mol. The maximum absolute atomic E-state index is 12.1. The summed E-state index contributed by atoms with van der Waals surface area (Å²) < 4.78 is 5.59. The summed E-state index contributed by atoms with van der Waals surface area (Å²) >= 11 is 1.56. The smallest absolute Gasteiger partial charge is 0.195 e. The largest absolute Gasteiger partial charge is 0.491 e. The molecule has 2 nitrogen and oxygen atoms in total. The van der Waals surface area contributed by atoms with Gasteiger partial charge in [0.15, 0.2) is 5.78 Å². The van der Waals surface area contributed by atoms with Crippen LogP contribution in [0.3, 0.4) is 0 Å². The normalized spacial score (nSPS) is 11.2. The average Bonchev–Trinajstić information content (AvgIpc) is 2.94. The summed E-state index contributed by atoms with van der Waals surface area (Å²) in [7, 11) is 0. The van der Waals surface area contributed by atoms with Crippen LogP contribution in [0.25, 0.3) is 6.08 Å². The molecule has 0 atom stereocenters. The molecule has 0 unspecified atom stereocenters. The first-order chi connectivity index (χ1) is 10.1. The summed E-state index contributed by atoms with van der Waals surface area (Å²) in [4.78, 5) is 14.1. The fourth-order valence-electron chi connectivity index (χ4n) is 1.88. The number of ketones is 1. The minimum absolute atomic E-state index is 0.0576. The van der Waals surface area contributed by atoms with E-state index in [1.165, 1.54) is 4.88 Å². The number of ether oxygens (including phenoxy) is 1. The SMILES string of the molecule is CCc1ccc(C(=O)/C=C/c2ccc(OC(C)C)cc2)s1. The molecule has 2 aromatic rings. The van der Waals surface area contributed by atoms with E-state index in [-0.39, 0.29) is 11.9 Å². The van der Waals surface area contributed by atoms with Gasteiger partial charge >= 0.3 is 0 Å². The van der Waals surface area contributed by atoms with E-state index in [2.05, 4.69) is 6.92 Å². The Bertz CT molecular complexity index is 621. The van der Waals surface area contributed by atoms with E-state index in [1.54, 1.807) is 17.4 Å². The number of hydrogen-bond donors (Lipinski definition) is 0. The number of aryl methyl sites for hydroxylation is 1. The van der Waals surface area contributed by atoms with Crippen LogP contribution in [0.15, 0.2) is 42.5 Å². The van der Waals surface area contributed by atoms with Crippen LogP contribution in [0, 0.1) is 0 Å². The van der Waals surface area contributed by atoms with Crippen LogP contribution in [0.5, 0.6) is 5.75 Å². The van der Waals surface area contributed by atoms with Gasteiger partial charge in [0, 0.05) is 4.88 Å². The Labute approximate surface area is 130 Å². The topological polar surface area (TPSA) is 26.3 Å². The number of rotatable bonds is 6. The summed E-state index contributed by atoms with van der Waals surface area (Å²) in [5.74, 6) is 0.904. The third-order valence-corrected chi connectivity index (χ3v) is 4.18. The van der Waals surface area contributed by atoms with Gasteiger partial charge in [-0.25, -0.2) is 0 Å². The second kappa shape index (κ2) is 7.23. The zero-order valence-corrected chi connectivity index (χ0v) is 13.4. The van der Waals surface area contributed by atoms with E-state index in [4.69, 9.17) is 4.74 Å². The Morgan fingerprint density at radius 1 is 1.19 bits per heavy atom. The molecule has 0 aliphatic rings. The molecule has 0 amide bonds. The van der Waals surface area contributed by atoms with Crippen molar-refractivity contribution in [1.29, 1.82) is 0 Å². The molecule has 0 saturated heterocycles. The zero-order chi connectivity index (χ0) is 15.2. The Morgan fingerprint density at radius 2 is 1.90 bits per heavy atom. The van der Waals surface area contributed by atoms with Crippen LogP contribution in [0.2, 0.25) is 0 Å². The molecule has 0 bridgehead atoms. The van der Waals surface area contributed by atoms with E-state index < -0.39 is 0 Å². The van der Waals surface area contributed by atoms with Crippen molar-refractivity contribution < 1.29 is 9.53 Å². The van der Waals surface area contributed by atoms with Gasteiger partial charge in [-0.2, -0.15) is 0 Å². The van der Waals surface area contributed by atoms with Gasteiger partial charge < -0.3 is 4.74 Å². The second-order valence-electron chi connectivity index (χ2n) is 5.05. The molecule has 0 N–H and O–H groups in total.